The first kappa shape index (κ1) is 20.5. The molecular formula is C18H8F8N2O. The zero-order chi connectivity index (χ0) is 21.4. The number of hydrogen-bond acceptors (Lipinski definition) is 3. The number of hydrogen-bond donors (Lipinski definition) is 0. The lowest BCUT2D eigenvalue weighted by molar-refractivity contribution is -0.140. The molecule has 1 aromatic heterocycles. The molecule has 0 atom stereocenters. The SMILES string of the molecule is Fc1cc(-c2ccnc(Oc3ccc(F)c(C(F)(F)F)c3)n2)cc(C(F)(F)F)c1. The summed E-state index contributed by atoms with van der Waals surface area (Å²) < 4.78 is 109. The normalized spacial score (nSPS) is 12.1. The Morgan fingerprint density at radius 2 is 1.52 bits per heavy atom. The predicted octanol–water partition coefficient (Wildman–Crippen LogP) is 6.25. The van der Waals surface area contributed by atoms with E-state index in [1.54, 1.807) is 0 Å². The molecule has 1 heterocycles. The van der Waals surface area contributed by atoms with Gasteiger partial charge in [0.1, 0.15) is 17.4 Å². The fourth-order valence-electron chi connectivity index (χ4n) is 2.34. The van der Waals surface area contributed by atoms with Gasteiger partial charge in [-0.25, -0.2) is 13.8 Å². The first-order valence-corrected chi connectivity index (χ1v) is 7.69. The fraction of sp³-hybridized carbons (Fsp3) is 0.111. The van der Waals surface area contributed by atoms with Crippen LogP contribution in [0, 0.1) is 11.6 Å². The van der Waals surface area contributed by atoms with E-state index in [1.165, 1.54) is 0 Å². The smallest absolute Gasteiger partial charge is 0.419 e. The van der Waals surface area contributed by atoms with E-state index in [9.17, 15) is 35.1 Å². The third-order valence-electron chi connectivity index (χ3n) is 3.61. The molecule has 0 unspecified atom stereocenters. The van der Waals surface area contributed by atoms with Crippen molar-refractivity contribution < 1.29 is 39.9 Å². The van der Waals surface area contributed by atoms with Gasteiger partial charge in [-0.3, -0.25) is 0 Å². The standard InChI is InChI=1S/C18H8F8N2O/c19-11-6-9(5-10(7-11)17(21,22)23)15-3-4-27-16(28-15)29-12-1-2-14(20)13(8-12)18(24,25)26/h1-8H. The lowest BCUT2D eigenvalue weighted by Crippen LogP contribution is -2.08. The van der Waals surface area contributed by atoms with Gasteiger partial charge in [-0.1, -0.05) is 0 Å². The molecule has 0 aliphatic rings. The van der Waals surface area contributed by atoms with Crippen LogP contribution >= 0.6 is 0 Å². The van der Waals surface area contributed by atoms with Gasteiger partial charge >= 0.3 is 18.4 Å². The molecule has 0 fully saturated rings. The second kappa shape index (κ2) is 7.30. The highest BCUT2D eigenvalue weighted by Crippen LogP contribution is 2.35. The number of alkyl halides is 6. The van der Waals surface area contributed by atoms with Crippen LogP contribution in [0.1, 0.15) is 11.1 Å². The first-order chi connectivity index (χ1) is 13.4. The van der Waals surface area contributed by atoms with Gasteiger partial charge < -0.3 is 4.74 Å². The van der Waals surface area contributed by atoms with Gasteiger partial charge in [0.05, 0.1) is 16.8 Å². The van der Waals surface area contributed by atoms with Gasteiger partial charge in [0.2, 0.25) is 0 Å². The van der Waals surface area contributed by atoms with Crippen LogP contribution in [0.2, 0.25) is 0 Å². The molecule has 2 aromatic carbocycles. The molecular weight excluding hydrogens is 412 g/mol. The van der Waals surface area contributed by atoms with Crippen molar-refractivity contribution in [3.05, 3.63) is 71.4 Å². The molecule has 3 nitrogen and oxygen atoms in total. The molecule has 0 N–H and O–H groups in total. The average Bonchev–Trinajstić information content (AvgIpc) is 2.61. The van der Waals surface area contributed by atoms with Crippen LogP contribution in [0.5, 0.6) is 11.8 Å². The van der Waals surface area contributed by atoms with Crippen LogP contribution in [0.3, 0.4) is 0 Å². The van der Waals surface area contributed by atoms with E-state index in [4.69, 9.17) is 4.74 Å². The quantitative estimate of drug-likeness (QED) is 0.470. The van der Waals surface area contributed by atoms with E-state index in [2.05, 4.69) is 9.97 Å². The van der Waals surface area contributed by atoms with E-state index in [1.807, 2.05) is 0 Å². The maximum atomic E-state index is 13.6. The Morgan fingerprint density at radius 1 is 0.793 bits per heavy atom. The number of nitrogens with zero attached hydrogens (tertiary/aromatic N) is 2. The van der Waals surface area contributed by atoms with E-state index < -0.39 is 46.9 Å². The van der Waals surface area contributed by atoms with Gasteiger partial charge in [0.15, 0.2) is 0 Å². The van der Waals surface area contributed by atoms with Crippen molar-refractivity contribution in [2.45, 2.75) is 12.4 Å². The molecule has 0 bridgehead atoms. The number of benzene rings is 2. The Kier molecular flexibility index (Phi) is 5.16. The number of halogens is 8. The van der Waals surface area contributed by atoms with E-state index in [-0.39, 0.29) is 11.3 Å². The Labute approximate surface area is 157 Å². The Hall–Kier alpha value is -3.24. The van der Waals surface area contributed by atoms with Gasteiger partial charge in [0, 0.05) is 11.8 Å². The molecule has 11 heteroatoms. The molecule has 0 aliphatic heterocycles. The fourth-order valence-corrected chi connectivity index (χ4v) is 2.34. The van der Waals surface area contributed by atoms with Crippen LogP contribution in [-0.2, 0) is 12.4 Å². The van der Waals surface area contributed by atoms with Crippen molar-refractivity contribution >= 4 is 0 Å². The molecule has 0 amide bonds. The summed E-state index contributed by atoms with van der Waals surface area (Å²) in [6, 6.07) is 4.19. The van der Waals surface area contributed by atoms with Gasteiger partial charge in [-0.05, 0) is 42.5 Å². The number of aromatic nitrogens is 2. The van der Waals surface area contributed by atoms with Gasteiger partial charge in [0.25, 0.3) is 0 Å². The van der Waals surface area contributed by atoms with Crippen LogP contribution < -0.4 is 4.74 Å². The molecule has 3 aromatic rings. The Morgan fingerprint density at radius 3 is 2.17 bits per heavy atom. The van der Waals surface area contributed by atoms with Crippen LogP contribution in [0.4, 0.5) is 35.1 Å². The molecule has 152 valence electrons. The molecule has 0 radical (unpaired) electrons. The summed E-state index contributed by atoms with van der Waals surface area (Å²) in [7, 11) is 0. The highest BCUT2D eigenvalue weighted by atomic mass is 19.4. The summed E-state index contributed by atoms with van der Waals surface area (Å²) in [6.07, 6.45) is -8.71. The Balaban J connectivity index is 1.95. The van der Waals surface area contributed by atoms with Gasteiger partial charge in [-0.15, -0.1) is 0 Å². The molecule has 0 spiro atoms. The highest BCUT2D eigenvalue weighted by Gasteiger charge is 2.34. The zero-order valence-corrected chi connectivity index (χ0v) is 13.9. The van der Waals surface area contributed by atoms with Crippen molar-refractivity contribution in [2.75, 3.05) is 0 Å². The van der Waals surface area contributed by atoms with Crippen molar-refractivity contribution in [1.82, 2.24) is 9.97 Å². The van der Waals surface area contributed by atoms with E-state index >= 15 is 0 Å². The third kappa shape index (κ3) is 4.79. The molecule has 0 saturated heterocycles. The summed E-state index contributed by atoms with van der Waals surface area (Å²) in [5.74, 6) is -3.13. The minimum Gasteiger partial charge on any atom is -0.424 e. The molecule has 0 aliphatic carbocycles. The van der Waals surface area contributed by atoms with Crippen molar-refractivity contribution in [2.24, 2.45) is 0 Å². The summed E-state index contributed by atoms with van der Waals surface area (Å²) in [4.78, 5) is 7.42. The van der Waals surface area contributed by atoms with Gasteiger partial charge in [-0.2, -0.15) is 31.3 Å². The summed E-state index contributed by atoms with van der Waals surface area (Å²) >= 11 is 0. The molecule has 0 saturated carbocycles. The number of rotatable bonds is 3. The summed E-state index contributed by atoms with van der Waals surface area (Å²) in [5.41, 5.74) is -3.24. The lowest BCUT2D eigenvalue weighted by atomic mass is 10.1. The third-order valence-corrected chi connectivity index (χ3v) is 3.61. The van der Waals surface area contributed by atoms with Crippen molar-refractivity contribution in [3.63, 3.8) is 0 Å². The van der Waals surface area contributed by atoms with E-state index in [0.29, 0.717) is 24.3 Å². The summed E-state index contributed by atoms with van der Waals surface area (Å²) in [5, 5.41) is 0. The maximum Gasteiger partial charge on any atom is 0.419 e. The van der Waals surface area contributed by atoms with Crippen LogP contribution in [0.25, 0.3) is 11.3 Å². The zero-order valence-electron chi connectivity index (χ0n) is 13.9. The minimum atomic E-state index is -4.97. The molecule has 3 rings (SSSR count). The predicted molar refractivity (Wildman–Crippen MR) is 83.9 cm³/mol. The molecule has 29 heavy (non-hydrogen) atoms. The lowest BCUT2D eigenvalue weighted by Gasteiger charge is -2.11. The number of ether oxygens (including phenoxy) is 1. The van der Waals surface area contributed by atoms with Crippen LogP contribution in [0.15, 0.2) is 48.7 Å². The highest BCUT2D eigenvalue weighted by molar-refractivity contribution is 5.60. The van der Waals surface area contributed by atoms with Crippen LogP contribution in [-0.4, -0.2) is 9.97 Å². The maximum absolute atomic E-state index is 13.6. The second-order valence-electron chi connectivity index (χ2n) is 5.69. The summed E-state index contributed by atoms with van der Waals surface area (Å²) in [6.45, 7) is 0. The van der Waals surface area contributed by atoms with Crippen molar-refractivity contribution in [3.8, 4) is 23.0 Å². The average molecular weight is 420 g/mol. The van der Waals surface area contributed by atoms with E-state index in [0.717, 1.165) is 24.4 Å². The second-order valence-corrected chi connectivity index (χ2v) is 5.69. The minimum absolute atomic E-state index is 0.168. The first-order valence-electron chi connectivity index (χ1n) is 7.69. The largest absolute Gasteiger partial charge is 0.424 e. The Bertz CT molecular complexity index is 1050. The topological polar surface area (TPSA) is 35.0 Å². The monoisotopic (exact) mass is 420 g/mol. The van der Waals surface area contributed by atoms with Crippen molar-refractivity contribution in [1.29, 1.82) is 0 Å².